The van der Waals surface area contributed by atoms with Gasteiger partial charge in [0.15, 0.2) is 0 Å². The maximum absolute atomic E-state index is 11.9. The van der Waals surface area contributed by atoms with Crippen LogP contribution in [-0.2, 0) is 16.1 Å². The summed E-state index contributed by atoms with van der Waals surface area (Å²) in [6.45, 7) is 2.83. The molecule has 0 fully saturated rings. The Morgan fingerprint density at radius 1 is 1.27 bits per heavy atom. The van der Waals surface area contributed by atoms with Gasteiger partial charge < -0.3 is 15.2 Å². The Labute approximate surface area is 136 Å². The number of ether oxygens (including phenoxy) is 1. The van der Waals surface area contributed by atoms with Crippen LogP contribution < -0.4 is 10.1 Å². The number of carbonyl (C=O) groups excluding carboxylic acids is 1. The molecule has 7 heteroatoms. The zero-order valence-corrected chi connectivity index (χ0v) is 13.7. The lowest BCUT2D eigenvalue weighted by molar-refractivity contribution is -0.138. The first-order valence-electron chi connectivity index (χ1n) is 6.89. The lowest BCUT2D eigenvalue weighted by Crippen LogP contribution is -2.40. The van der Waals surface area contributed by atoms with Crippen molar-refractivity contribution < 1.29 is 19.4 Å². The summed E-state index contributed by atoms with van der Waals surface area (Å²) in [4.78, 5) is 24.2. The van der Waals surface area contributed by atoms with E-state index in [4.69, 9.17) is 9.84 Å². The average molecular weight is 331 g/mol. The van der Waals surface area contributed by atoms with E-state index < -0.39 is 5.97 Å². The third kappa shape index (κ3) is 7.28. The highest BCUT2D eigenvalue weighted by Gasteiger charge is 2.13. The van der Waals surface area contributed by atoms with Gasteiger partial charge in [-0.15, -0.1) is 12.4 Å². The first kappa shape index (κ1) is 20.2. The molecule has 0 aliphatic heterocycles. The normalized spacial score (nSPS) is 9.95. The molecule has 0 heterocycles. The van der Waals surface area contributed by atoms with Gasteiger partial charge in [0.2, 0.25) is 5.91 Å². The Bertz CT molecular complexity index is 482. The van der Waals surface area contributed by atoms with Crippen LogP contribution in [-0.4, -0.2) is 48.6 Å². The molecule has 0 aliphatic carbocycles. The second-order valence-corrected chi connectivity index (χ2v) is 4.69. The Morgan fingerprint density at radius 2 is 1.95 bits per heavy atom. The first-order valence-corrected chi connectivity index (χ1v) is 6.89. The molecule has 1 amide bonds. The summed E-state index contributed by atoms with van der Waals surface area (Å²) in [5.41, 5.74) is 0.883. The first-order chi connectivity index (χ1) is 10.1. The zero-order chi connectivity index (χ0) is 15.7. The number of para-hydroxylation sites is 1. The molecule has 0 bridgehead atoms. The van der Waals surface area contributed by atoms with Crippen molar-refractivity contribution in [1.82, 2.24) is 10.2 Å². The minimum absolute atomic E-state index is 0. The van der Waals surface area contributed by atoms with Crippen LogP contribution in [0.25, 0.3) is 0 Å². The molecule has 124 valence electrons. The summed E-state index contributed by atoms with van der Waals surface area (Å²) in [6.07, 6.45) is 0.799. The van der Waals surface area contributed by atoms with Gasteiger partial charge >= 0.3 is 5.97 Å². The minimum Gasteiger partial charge on any atom is -0.496 e. The van der Waals surface area contributed by atoms with Gasteiger partial charge in [-0.05, 0) is 19.0 Å². The van der Waals surface area contributed by atoms with E-state index in [1.807, 2.05) is 31.2 Å². The fourth-order valence-electron chi connectivity index (χ4n) is 2.02. The maximum Gasteiger partial charge on any atom is 0.317 e. The van der Waals surface area contributed by atoms with Gasteiger partial charge in [0.25, 0.3) is 0 Å². The number of hydrogen-bond acceptors (Lipinski definition) is 4. The number of nitrogens with zero attached hydrogens (tertiary/aromatic N) is 1. The molecular formula is C15H23ClN2O4. The number of aliphatic carboxylic acids is 1. The van der Waals surface area contributed by atoms with Crippen molar-refractivity contribution in [3.05, 3.63) is 29.8 Å². The van der Waals surface area contributed by atoms with E-state index in [9.17, 15) is 9.59 Å². The summed E-state index contributed by atoms with van der Waals surface area (Å²) in [5.74, 6) is -0.412. The largest absolute Gasteiger partial charge is 0.496 e. The van der Waals surface area contributed by atoms with Gasteiger partial charge in [-0.1, -0.05) is 25.1 Å². The lowest BCUT2D eigenvalue weighted by Gasteiger charge is -2.19. The smallest absolute Gasteiger partial charge is 0.317 e. The second-order valence-electron chi connectivity index (χ2n) is 4.69. The van der Waals surface area contributed by atoms with Crippen LogP contribution >= 0.6 is 12.4 Å². The standard InChI is InChI=1S/C15H22N2O4.ClH/c1-3-8-17(11-15(19)20)10-14(18)16-9-12-6-4-5-7-13(12)21-2;/h4-7H,3,8-11H2,1-2H3,(H,16,18)(H,19,20);1H. The number of rotatable bonds is 9. The van der Waals surface area contributed by atoms with Crippen LogP contribution in [0.3, 0.4) is 0 Å². The molecular weight excluding hydrogens is 308 g/mol. The van der Waals surface area contributed by atoms with Gasteiger partial charge in [0.1, 0.15) is 5.75 Å². The van der Waals surface area contributed by atoms with Crippen molar-refractivity contribution >= 4 is 24.3 Å². The molecule has 1 aromatic rings. The van der Waals surface area contributed by atoms with Crippen LogP contribution in [0.5, 0.6) is 5.75 Å². The molecule has 1 aromatic carbocycles. The fraction of sp³-hybridized carbons (Fsp3) is 0.467. The highest BCUT2D eigenvalue weighted by atomic mass is 35.5. The molecule has 0 atom stereocenters. The Kier molecular flexibility index (Phi) is 9.98. The quantitative estimate of drug-likeness (QED) is 0.718. The number of carboxylic acids is 1. The second kappa shape index (κ2) is 10.9. The van der Waals surface area contributed by atoms with E-state index in [0.29, 0.717) is 18.8 Å². The summed E-state index contributed by atoms with van der Waals surface area (Å²) in [5, 5.41) is 11.6. The summed E-state index contributed by atoms with van der Waals surface area (Å²) in [7, 11) is 1.58. The van der Waals surface area contributed by atoms with Crippen molar-refractivity contribution in [2.45, 2.75) is 19.9 Å². The van der Waals surface area contributed by atoms with E-state index in [1.54, 1.807) is 12.0 Å². The van der Waals surface area contributed by atoms with Crippen LogP contribution in [0, 0.1) is 0 Å². The molecule has 0 saturated heterocycles. The van der Waals surface area contributed by atoms with Crippen molar-refractivity contribution in [3.8, 4) is 5.75 Å². The van der Waals surface area contributed by atoms with E-state index >= 15 is 0 Å². The highest BCUT2D eigenvalue weighted by molar-refractivity contribution is 5.85. The Balaban J connectivity index is 0.00000441. The maximum atomic E-state index is 11.9. The molecule has 22 heavy (non-hydrogen) atoms. The third-order valence-corrected chi connectivity index (χ3v) is 2.93. The molecule has 0 aliphatic rings. The predicted octanol–water partition coefficient (Wildman–Crippen LogP) is 1.53. The SMILES string of the molecule is CCCN(CC(=O)O)CC(=O)NCc1ccccc1OC.Cl. The van der Waals surface area contributed by atoms with Gasteiger partial charge in [-0.25, -0.2) is 0 Å². The fourth-order valence-corrected chi connectivity index (χ4v) is 2.02. The van der Waals surface area contributed by atoms with E-state index in [2.05, 4.69) is 5.32 Å². The summed E-state index contributed by atoms with van der Waals surface area (Å²) >= 11 is 0. The van der Waals surface area contributed by atoms with Crippen LogP contribution in [0.15, 0.2) is 24.3 Å². The van der Waals surface area contributed by atoms with Crippen molar-refractivity contribution in [2.75, 3.05) is 26.7 Å². The number of halogens is 1. The molecule has 0 radical (unpaired) electrons. The van der Waals surface area contributed by atoms with Crippen LogP contribution in [0.4, 0.5) is 0 Å². The van der Waals surface area contributed by atoms with E-state index in [1.165, 1.54) is 0 Å². The minimum atomic E-state index is -0.930. The Hall–Kier alpha value is -1.79. The van der Waals surface area contributed by atoms with Crippen LogP contribution in [0.1, 0.15) is 18.9 Å². The molecule has 6 nitrogen and oxygen atoms in total. The number of benzene rings is 1. The number of carbonyl (C=O) groups is 2. The van der Waals surface area contributed by atoms with Gasteiger partial charge in [-0.2, -0.15) is 0 Å². The molecule has 1 rings (SSSR count). The molecule has 0 aromatic heterocycles. The van der Waals surface area contributed by atoms with Crippen molar-refractivity contribution in [3.63, 3.8) is 0 Å². The lowest BCUT2D eigenvalue weighted by atomic mass is 10.2. The van der Waals surface area contributed by atoms with Gasteiger partial charge in [0.05, 0.1) is 20.2 Å². The van der Waals surface area contributed by atoms with Crippen molar-refractivity contribution in [1.29, 1.82) is 0 Å². The van der Waals surface area contributed by atoms with Crippen molar-refractivity contribution in [2.24, 2.45) is 0 Å². The topological polar surface area (TPSA) is 78.9 Å². The average Bonchev–Trinajstić information content (AvgIpc) is 2.45. The van der Waals surface area contributed by atoms with E-state index in [-0.39, 0.29) is 31.4 Å². The monoisotopic (exact) mass is 330 g/mol. The molecule has 0 saturated carbocycles. The number of amides is 1. The van der Waals surface area contributed by atoms with Crippen LogP contribution in [0.2, 0.25) is 0 Å². The molecule has 0 unspecified atom stereocenters. The number of nitrogens with one attached hydrogen (secondary N) is 1. The highest BCUT2D eigenvalue weighted by Crippen LogP contribution is 2.16. The van der Waals surface area contributed by atoms with E-state index in [0.717, 1.165) is 12.0 Å². The number of methoxy groups -OCH3 is 1. The van der Waals surface area contributed by atoms with Gasteiger partial charge in [-0.3, -0.25) is 14.5 Å². The Morgan fingerprint density at radius 3 is 2.55 bits per heavy atom. The predicted molar refractivity (Wildman–Crippen MR) is 86.5 cm³/mol. The molecule has 2 N–H and O–H groups in total. The number of hydrogen-bond donors (Lipinski definition) is 2. The number of carboxylic acid groups (broad SMARTS) is 1. The zero-order valence-electron chi connectivity index (χ0n) is 12.9. The molecule has 0 spiro atoms. The summed E-state index contributed by atoms with van der Waals surface area (Å²) in [6, 6.07) is 7.44. The third-order valence-electron chi connectivity index (χ3n) is 2.93. The summed E-state index contributed by atoms with van der Waals surface area (Å²) < 4.78 is 5.21. The van der Waals surface area contributed by atoms with Gasteiger partial charge in [0, 0.05) is 12.1 Å².